The van der Waals surface area contributed by atoms with E-state index in [2.05, 4.69) is 15.3 Å². The first-order valence-electron chi connectivity index (χ1n) is 5.36. The topological polar surface area (TPSA) is 92.2 Å². The fraction of sp³-hybridized carbons (Fsp3) is 0.455. The number of thioether (sulfide) groups is 1. The first-order chi connectivity index (χ1) is 8.54. The lowest BCUT2D eigenvalue weighted by atomic mass is 10.2. The number of hydrogen-bond donors (Lipinski definition) is 2. The number of nitrogens with zero attached hydrogens (tertiary/aromatic N) is 2. The molecule has 1 aromatic heterocycles. The highest BCUT2D eigenvalue weighted by Gasteiger charge is 2.20. The van der Waals surface area contributed by atoms with E-state index in [-0.39, 0.29) is 5.69 Å². The summed E-state index contributed by atoms with van der Waals surface area (Å²) in [6.45, 7) is 1.76. The molecular formula is C11H15N3O3S. The van der Waals surface area contributed by atoms with Gasteiger partial charge in [0.25, 0.3) is 5.91 Å². The third kappa shape index (κ3) is 4.33. The van der Waals surface area contributed by atoms with Crippen LogP contribution in [0.2, 0.25) is 0 Å². The molecule has 18 heavy (non-hydrogen) atoms. The van der Waals surface area contributed by atoms with Crippen molar-refractivity contribution in [1.29, 1.82) is 0 Å². The monoisotopic (exact) mass is 269 g/mol. The number of rotatable bonds is 6. The number of aliphatic carboxylic acids is 1. The van der Waals surface area contributed by atoms with Crippen LogP contribution >= 0.6 is 11.8 Å². The average Bonchev–Trinajstić information content (AvgIpc) is 2.34. The molecule has 1 aromatic rings. The molecule has 0 spiro atoms. The van der Waals surface area contributed by atoms with Crippen molar-refractivity contribution in [3.63, 3.8) is 0 Å². The van der Waals surface area contributed by atoms with Crippen LogP contribution in [-0.2, 0) is 4.79 Å². The normalized spacial score (nSPS) is 11.9. The molecule has 0 saturated heterocycles. The quantitative estimate of drug-likeness (QED) is 0.790. The molecule has 0 radical (unpaired) electrons. The number of carboxylic acid groups (broad SMARTS) is 1. The first-order valence-corrected chi connectivity index (χ1v) is 6.75. The SMILES string of the molecule is CSCC[C@H](NC(=O)c1cnc(C)cn1)C(=O)O. The summed E-state index contributed by atoms with van der Waals surface area (Å²) in [7, 11) is 0. The second-order valence-electron chi connectivity index (χ2n) is 3.69. The van der Waals surface area contributed by atoms with Gasteiger partial charge in [-0.1, -0.05) is 0 Å². The summed E-state index contributed by atoms with van der Waals surface area (Å²) >= 11 is 1.53. The Balaban J connectivity index is 2.66. The maximum absolute atomic E-state index is 11.8. The molecule has 1 atom stereocenters. The number of nitrogens with one attached hydrogen (secondary N) is 1. The van der Waals surface area contributed by atoms with E-state index < -0.39 is 17.9 Å². The highest BCUT2D eigenvalue weighted by Crippen LogP contribution is 2.02. The van der Waals surface area contributed by atoms with E-state index in [9.17, 15) is 9.59 Å². The third-order valence-corrected chi connectivity index (χ3v) is 2.87. The molecule has 6 nitrogen and oxygen atoms in total. The van der Waals surface area contributed by atoms with E-state index in [1.54, 1.807) is 6.92 Å². The molecule has 98 valence electrons. The van der Waals surface area contributed by atoms with E-state index >= 15 is 0 Å². The van der Waals surface area contributed by atoms with Crippen LogP contribution in [0.4, 0.5) is 0 Å². The molecule has 0 aromatic carbocycles. The van der Waals surface area contributed by atoms with E-state index in [4.69, 9.17) is 5.11 Å². The van der Waals surface area contributed by atoms with Crippen molar-refractivity contribution in [2.24, 2.45) is 0 Å². The van der Waals surface area contributed by atoms with Gasteiger partial charge in [0.1, 0.15) is 11.7 Å². The molecule has 0 aliphatic carbocycles. The Kier molecular flexibility index (Phi) is 5.57. The Labute approximate surface area is 109 Å². The number of hydrogen-bond acceptors (Lipinski definition) is 5. The predicted octanol–water partition coefficient (Wildman–Crippen LogP) is 0.721. The van der Waals surface area contributed by atoms with Crippen molar-refractivity contribution < 1.29 is 14.7 Å². The van der Waals surface area contributed by atoms with Crippen LogP contribution in [0.5, 0.6) is 0 Å². The Morgan fingerprint density at radius 2 is 2.17 bits per heavy atom. The number of carboxylic acids is 1. The maximum atomic E-state index is 11.8. The molecule has 1 heterocycles. The standard InChI is InChI=1S/C11H15N3O3S/c1-7-5-13-9(6-12-7)10(15)14-8(11(16)17)3-4-18-2/h5-6,8H,3-4H2,1-2H3,(H,14,15)(H,16,17)/t8-/m0/s1. The van der Waals surface area contributed by atoms with Gasteiger partial charge in [0.05, 0.1) is 11.9 Å². The number of carbonyl (C=O) groups excluding carboxylic acids is 1. The zero-order valence-corrected chi connectivity index (χ0v) is 11.0. The zero-order chi connectivity index (χ0) is 13.5. The lowest BCUT2D eigenvalue weighted by Gasteiger charge is -2.13. The predicted molar refractivity (Wildman–Crippen MR) is 68.7 cm³/mol. The fourth-order valence-corrected chi connectivity index (χ4v) is 1.71. The van der Waals surface area contributed by atoms with Gasteiger partial charge >= 0.3 is 5.97 Å². The molecule has 0 bridgehead atoms. The van der Waals surface area contributed by atoms with Gasteiger partial charge in [-0.15, -0.1) is 0 Å². The Hall–Kier alpha value is -1.63. The summed E-state index contributed by atoms with van der Waals surface area (Å²) < 4.78 is 0. The van der Waals surface area contributed by atoms with Crippen molar-refractivity contribution >= 4 is 23.6 Å². The third-order valence-electron chi connectivity index (χ3n) is 2.23. The van der Waals surface area contributed by atoms with Crippen molar-refractivity contribution in [2.45, 2.75) is 19.4 Å². The second kappa shape index (κ2) is 6.95. The highest BCUT2D eigenvalue weighted by molar-refractivity contribution is 7.98. The van der Waals surface area contributed by atoms with Crippen LogP contribution < -0.4 is 5.32 Å². The van der Waals surface area contributed by atoms with Crippen LogP contribution in [0.1, 0.15) is 22.6 Å². The minimum Gasteiger partial charge on any atom is -0.480 e. The summed E-state index contributed by atoms with van der Waals surface area (Å²) in [5.41, 5.74) is 0.819. The summed E-state index contributed by atoms with van der Waals surface area (Å²) in [4.78, 5) is 30.6. The molecule has 0 unspecified atom stereocenters. The van der Waals surface area contributed by atoms with Gasteiger partial charge in [0, 0.05) is 6.20 Å². The fourth-order valence-electron chi connectivity index (χ4n) is 1.24. The molecule has 0 aliphatic heterocycles. The number of aromatic nitrogens is 2. The molecule has 0 fully saturated rings. The highest BCUT2D eigenvalue weighted by atomic mass is 32.2. The lowest BCUT2D eigenvalue weighted by molar-refractivity contribution is -0.139. The summed E-state index contributed by atoms with van der Waals surface area (Å²) in [6.07, 6.45) is 5.05. The van der Waals surface area contributed by atoms with Gasteiger partial charge in [-0.25, -0.2) is 9.78 Å². The number of aryl methyl sites for hydroxylation is 1. The maximum Gasteiger partial charge on any atom is 0.326 e. The summed E-state index contributed by atoms with van der Waals surface area (Å²) in [5, 5.41) is 11.4. The van der Waals surface area contributed by atoms with Gasteiger partial charge in [0.2, 0.25) is 0 Å². The Bertz CT molecular complexity index is 422. The van der Waals surface area contributed by atoms with Crippen molar-refractivity contribution in [2.75, 3.05) is 12.0 Å². The molecule has 1 rings (SSSR count). The van der Waals surface area contributed by atoms with Gasteiger partial charge in [-0.2, -0.15) is 11.8 Å². The summed E-state index contributed by atoms with van der Waals surface area (Å²) in [6, 6.07) is -0.895. The van der Waals surface area contributed by atoms with E-state index in [1.807, 2.05) is 6.26 Å². The summed E-state index contributed by atoms with van der Waals surface area (Å²) in [5.74, 6) is -0.898. The van der Waals surface area contributed by atoms with Crippen molar-refractivity contribution in [1.82, 2.24) is 15.3 Å². The van der Waals surface area contributed by atoms with Gasteiger partial charge in [-0.3, -0.25) is 9.78 Å². The van der Waals surface area contributed by atoms with Gasteiger partial charge in [0.15, 0.2) is 0 Å². The Morgan fingerprint density at radius 3 is 2.67 bits per heavy atom. The van der Waals surface area contributed by atoms with Crippen molar-refractivity contribution in [3.05, 3.63) is 23.8 Å². The minimum atomic E-state index is -1.04. The minimum absolute atomic E-state index is 0.121. The number of amides is 1. The van der Waals surface area contributed by atoms with Crippen LogP contribution in [0, 0.1) is 6.92 Å². The first kappa shape index (κ1) is 14.4. The zero-order valence-electron chi connectivity index (χ0n) is 10.2. The van der Waals surface area contributed by atoms with Gasteiger partial charge in [-0.05, 0) is 25.4 Å². The molecule has 1 amide bonds. The van der Waals surface area contributed by atoms with E-state index in [1.165, 1.54) is 24.2 Å². The van der Waals surface area contributed by atoms with Crippen LogP contribution in [0.25, 0.3) is 0 Å². The van der Waals surface area contributed by atoms with Crippen LogP contribution in [0.3, 0.4) is 0 Å². The molecule has 0 aliphatic rings. The second-order valence-corrected chi connectivity index (χ2v) is 4.67. The lowest BCUT2D eigenvalue weighted by Crippen LogP contribution is -2.41. The number of carbonyl (C=O) groups is 2. The van der Waals surface area contributed by atoms with Crippen LogP contribution in [0.15, 0.2) is 12.4 Å². The van der Waals surface area contributed by atoms with E-state index in [0.717, 1.165) is 0 Å². The largest absolute Gasteiger partial charge is 0.480 e. The Morgan fingerprint density at radius 1 is 1.44 bits per heavy atom. The molecule has 0 saturated carbocycles. The van der Waals surface area contributed by atoms with Gasteiger partial charge < -0.3 is 10.4 Å². The van der Waals surface area contributed by atoms with E-state index in [0.29, 0.717) is 17.9 Å². The van der Waals surface area contributed by atoms with Crippen molar-refractivity contribution in [3.8, 4) is 0 Å². The molecule has 2 N–H and O–H groups in total. The molecule has 7 heteroatoms. The average molecular weight is 269 g/mol. The smallest absolute Gasteiger partial charge is 0.326 e. The van der Waals surface area contributed by atoms with Crippen LogP contribution in [-0.4, -0.2) is 45.0 Å². The molecular weight excluding hydrogens is 254 g/mol.